The summed E-state index contributed by atoms with van der Waals surface area (Å²) in [4.78, 5) is 40.0. The lowest BCUT2D eigenvalue weighted by molar-refractivity contribution is -0.116. The average molecular weight is 409 g/mol. The lowest BCUT2D eigenvalue weighted by Gasteiger charge is -2.05. The Labute approximate surface area is 171 Å². The number of carbonyl (C=O) groups excluding carboxylic acids is 3. The van der Waals surface area contributed by atoms with Gasteiger partial charge >= 0.3 is 5.97 Å². The highest BCUT2D eigenvalue weighted by Gasteiger charge is 2.11. The molecular weight excluding hydrogens is 390 g/mol. The quantitative estimate of drug-likeness (QED) is 0.584. The van der Waals surface area contributed by atoms with E-state index in [0.717, 1.165) is 5.56 Å². The van der Waals surface area contributed by atoms with Crippen LogP contribution in [0.5, 0.6) is 0 Å². The highest BCUT2D eigenvalue weighted by Crippen LogP contribution is 2.17. The van der Waals surface area contributed by atoms with Crippen LogP contribution in [-0.2, 0) is 27.2 Å². The largest absolute Gasteiger partial charge is 0.465 e. The molecule has 0 aliphatic rings. The van der Waals surface area contributed by atoms with E-state index < -0.39 is 5.97 Å². The predicted molar refractivity (Wildman–Crippen MR) is 111 cm³/mol. The normalized spacial score (nSPS) is 10.2. The fourth-order valence-electron chi connectivity index (χ4n) is 2.57. The Kier molecular flexibility index (Phi) is 6.70. The molecule has 0 bridgehead atoms. The van der Waals surface area contributed by atoms with Gasteiger partial charge in [-0.15, -0.1) is 11.3 Å². The van der Waals surface area contributed by atoms with E-state index in [0.29, 0.717) is 22.1 Å². The van der Waals surface area contributed by atoms with E-state index in [1.807, 2.05) is 30.3 Å². The van der Waals surface area contributed by atoms with E-state index in [4.69, 9.17) is 0 Å². The van der Waals surface area contributed by atoms with Gasteiger partial charge in [0.25, 0.3) is 0 Å². The van der Waals surface area contributed by atoms with Gasteiger partial charge in [0.2, 0.25) is 11.8 Å². The molecule has 0 saturated heterocycles. The van der Waals surface area contributed by atoms with Crippen molar-refractivity contribution >= 4 is 39.9 Å². The summed E-state index contributed by atoms with van der Waals surface area (Å²) in [6.07, 6.45) is 0.335. The molecule has 0 aliphatic heterocycles. The molecule has 0 spiro atoms. The van der Waals surface area contributed by atoms with E-state index >= 15 is 0 Å². The third-order valence-electron chi connectivity index (χ3n) is 3.94. The number of esters is 1. The molecule has 2 amide bonds. The number of thiazole rings is 1. The fourth-order valence-corrected chi connectivity index (χ4v) is 3.29. The molecule has 2 N–H and O–H groups in total. The molecule has 1 heterocycles. The van der Waals surface area contributed by atoms with Gasteiger partial charge in [-0.1, -0.05) is 30.3 Å². The number of ether oxygens (including phenoxy) is 1. The minimum atomic E-state index is -0.438. The van der Waals surface area contributed by atoms with Gasteiger partial charge < -0.3 is 15.4 Å². The summed E-state index contributed by atoms with van der Waals surface area (Å²) < 4.78 is 4.64. The van der Waals surface area contributed by atoms with Crippen LogP contribution in [0.2, 0.25) is 0 Å². The zero-order valence-electron chi connectivity index (χ0n) is 15.7. The van der Waals surface area contributed by atoms with Gasteiger partial charge in [-0.2, -0.15) is 0 Å². The highest BCUT2D eigenvalue weighted by atomic mass is 32.1. The first-order chi connectivity index (χ1) is 14.0. The molecule has 0 atom stereocenters. The zero-order valence-corrected chi connectivity index (χ0v) is 16.5. The number of rotatable bonds is 7. The van der Waals surface area contributed by atoms with E-state index in [2.05, 4.69) is 20.4 Å². The molecule has 0 unspecified atom stereocenters. The van der Waals surface area contributed by atoms with Gasteiger partial charge in [0.1, 0.15) is 0 Å². The Balaban J connectivity index is 1.51. The van der Waals surface area contributed by atoms with Crippen molar-refractivity contribution in [1.29, 1.82) is 0 Å². The van der Waals surface area contributed by atoms with Crippen LogP contribution in [0.4, 0.5) is 10.8 Å². The number of anilines is 2. The summed E-state index contributed by atoms with van der Waals surface area (Å²) in [5, 5.41) is 7.68. The molecule has 29 heavy (non-hydrogen) atoms. The molecule has 3 rings (SSSR count). The molecule has 2 aromatic carbocycles. The van der Waals surface area contributed by atoms with Gasteiger partial charge in [-0.05, 0) is 29.8 Å². The number of carbonyl (C=O) groups is 3. The summed E-state index contributed by atoms with van der Waals surface area (Å²) in [5.41, 5.74) is 2.45. The number of methoxy groups -OCH3 is 1. The van der Waals surface area contributed by atoms with Gasteiger partial charge in [0.05, 0.1) is 31.2 Å². The molecule has 0 radical (unpaired) electrons. The zero-order chi connectivity index (χ0) is 20.6. The Morgan fingerprint density at radius 1 is 0.931 bits per heavy atom. The Bertz CT molecular complexity index is 1000. The second-order valence-corrected chi connectivity index (χ2v) is 7.01. The first-order valence-corrected chi connectivity index (χ1v) is 9.68. The van der Waals surface area contributed by atoms with Crippen molar-refractivity contribution < 1.29 is 19.1 Å². The second kappa shape index (κ2) is 9.61. The van der Waals surface area contributed by atoms with E-state index in [-0.39, 0.29) is 24.7 Å². The molecule has 1 aromatic heterocycles. The number of amides is 2. The maximum atomic E-state index is 12.2. The number of aromatic nitrogens is 1. The lowest BCUT2D eigenvalue weighted by Crippen LogP contribution is -2.16. The van der Waals surface area contributed by atoms with Crippen molar-refractivity contribution in [2.75, 3.05) is 17.7 Å². The summed E-state index contributed by atoms with van der Waals surface area (Å²) >= 11 is 1.27. The van der Waals surface area contributed by atoms with Crippen molar-refractivity contribution in [2.24, 2.45) is 0 Å². The fraction of sp³-hybridized carbons (Fsp3) is 0.143. The number of nitrogens with zero attached hydrogens (tertiary/aromatic N) is 1. The lowest BCUT2D eigenvalue weighted by atomic mass is 10.1. The molecule has 148 valence electrons. The predicted octanol–water partition coefficient (Wildman–Crippen LogP) is 3.29. The SMILES string of the molecule is COC(=O)c1ccc(NC(=O)Cc2csc(NC(=O)Cc3ccccc3)n2)cc1. The molecule has 0 aliphatic carbocycles. The van der Waals surface area contributed by atoms with Crippen LogP contribution in [-0.4, -0.2) is 29.9 Å². The molecule has 8 heteroatoms. The number of hydrogen-bond donors (Lipinski definition) is 2. The van der Waals surface area contributed by atoms with Crippen LogP contribution in [0.1, 0.15) is 21.6 Å². The topological polar surface area (TPSA) is 97.4 Å². The molecule has 3 aromatic rings. The van der Waals surface area contributed by atoms with Gasteiger partial charge in [0, 0.05) is 11.1 Å². The van der Waals surface area contributed by atoms with E-state index in [1.54, 1.807) is 29.6 Å². The van der Waals surface area contributed by atoms with Gasteiger partial charge in [-0.25, -0.2) is 9.78 Å². The van der Waals surface area contributed by atoms with Crippen molar-refractivity contribution in [1.82, 2.24) is 4.98 Å². The second-order valence-electron chi connectivity index (χ2n) is 6.15. The van der Waals surface area contributed by atoms with E-state index in [9.17, 15) is 14.4 Å². The average Bonchev–Trinajstić information content (AvgIpc) is 3.15. The third kappa shape index (κ3) is 5.98. The maximum Gasteiger partial charge on any atom is 0.337 e. The van der Waals surface area contributed by atoms with Crippen LogP contribution in [0.15, 0.2) is 60.0 Å². The number of nitrogens with one attached hydrogen (secondary N) is 2. The number of hydrogen-bond acceptors (Lipinski definition) is 6. The molecule has 0 fully saturated rings. The van der Waals surface area contributed by atoms with Gasteiger partial charge in [0.15, 0.2) is 5.13 Å². The third-order valence-corrected chi connectivity index (χ3v) is 4.74. The van der Waals surface area contributed by atoms with Crippen LogP contribution in [0, 0.1) is 0 Å². The summed E-state index contributed by atoms with van der Waals surface area (Å²) in [6, 6.07) is 15.8. The summed E-state index contributed by atoms with van der Waals surface area (Å²) in [5.74, 6) is -0.845. The van der Waals surface area contributed by atoms with Crippen LogP contribution >= 0.6 is 11.3 Å². The monoisotopic (exact) mass is 409 g/mol. The molecular formula is C21H19N3O4S. The Morgan fingerprint density at radius 2 is 1.62 bits per heavy atom. The van der Waals surface area contributed by atoms with Crippen molar-refractivity contribution in [3.63, 3.8) is 0 Å². The van der Waals surface area contributed by atoms with Crippen LogP contribution < -0.4 is 10.6 Å². The van der Waals surface area contributed by atoms with Crippen LogP contribution in [0.25, 0.3) is 0 Å². The Hall–Kier alpha value is -3.52. The van der Waals surface area contributed by atoms with Gasteiger partial charge in [-0.3, -0.25) is 9.59 Å². The summed E-state index contributed by atoms with van der Waals surface area (Å²) in [7, 11) is 1.31. The van der Waals surface area contributed by atoms with Crippen molar-refractivity contribution in [3.8, 4) is 0 Å². The van der Waals surface area contributed by atoms with Crippen molar-refractivity contribution in [3.05, 3.63) is 76.8 Å². The summed E-state index contributed by atoms with van der Waals surface area (Å²) in [6.45, 7) is 0. The standard InChI is InChI=1S/C21H19N3O4S/c1-28-20(27)15-7-9-16(10-8-15)22-19(26)12-17-13-29-21(23-17)24-18(25)11-14-5-3-2-4-6-14/h2-10,13H,11-12H2,1H3,(H,22,26)(H,23,24,25). The van der Waals surface area contributed by atoms with E-state index in [1.165, 1.54) is 18.4 Å². The minimum absolute atomic E-state index is 0.0732. The Morgan fingerprint density at radius 3 is 2.31 bits per heavy atom. The van der Waals surface area contributed by atoms with Crippen molar-refractivity contribution in [2.45, 2.75) is 12.8 Å². The first kappa shape index (κ1) is 20.2. The highest BCUT2D eigenvalue weighted by molar-refractivity contribution is 7.13. The first-order valence-electron chi connectivity index (χ1n) is 8.80. The molecule has 7 nitrogen and oxygen atoms in total. The molecule has 0 saturated carbocycles. The smallest absolute Gasteiger partial charge is 0.337 e. The van der Waals surface area contributed by atoms with Crippen LogP contribution in [0.3, 0.4) is 0 Å². The minimum Gasteiger partial charge on any atom is -0.465 e. The number of benzene rings is 2. The maximum absolute atomic E-state index is 12.2.